The minimum absolute atomic E-state index is 0.372. The maximum Gasteiger partial charge on any atom is 0.184 e. The zero-order valence-electron chi connectivity index (χ0n) is 8.64. The largest absolute Gasteiger partial charge is 0.414 e. The molecule has 0 aromatic heterocycles. The van der Waals surface area contributed by atoms with Crippen LogP contribution in [0.2, 0.25) is 19.6 Å². The highest BCUT2D eigenvalue weighted by Crippen LogP contribution is 2.06. The van der Waals surface area contributed by atoms with Gasteiger partial charge in [-0.05, 0) is 40.7 Å². The smallest absolute Gasteiger partial charge is 0.184 e. The van der Waals surface area contributed by atoms with Crippen LogP contribution in [0, 0.1) is 0 Å². The van der Waals surface area contributed by atoms with E-state index in [1.54, 1.807) is 0 Å². The minimum Gasteiger partial charge on any atom is -0.414 e. The maximum absolute atomic E-state index is 5.85. The molecule has 1 unspecified atom stereocenters. The molecular weight excluding hydrogens is 154 g/mol. The lowest BCUT2D eigenvalue weighted by atomic mass is 10.4. The van der Waals surface area contributed by atoms with E-state index >= 15 is 0 Å². The predicted molar refractivity (Wildman–Crippen MR) is 52.4 cm³/mol. The molecule has 1 atom stereocenters. The molecule has 3 heteroatoms. The summed E-state index contributed by atoms with van der Waals surface area (Å²) >= 11 is 0. The molecule has 0 aliphatic heterocycles. The Balaban J connectivity index is 3.61. The van der Waals surface area contributed by atoms with Gasteiger partial charge in [0.15, 0.2) is 8.32 Å². The van der Waals surface area contributed by atoms with E-state index in [1.165, 1.54) is 0 Å². The molecule has 0 aromatic carbocycles. The van der Waals surface area contributed by atoms with Crippen molar-refractivity contribution in [3.8, 4) is 0 Å². The highest BCUT2D eigenvalue weighted by Gasteiger charge is 2.18. The van der Waals surface area contributed by atoms with Gasteiger partial charge < -0.3 is 9.33 Å². The van der Waals surface area contributed by atoms with Crippen LogP contribution in [0.5, 0.6) is 0 Å². The van der Waals surface area contributed by atoms with Gasteiger partial charge in [-0.1, -0.05) is 0 Å². The van der Waals surface area contributed by atoms with E-state index in [-0.39, 0.29) is 0 Å². The summed E-state index contributed by atoms with van der Waals surface area (Å²) in [7, 11) is 2.83. The van der Waals surface area contributed by atoms with Crippen molar-refractivity contribution >= 4 is 8.32 Å². The molecule has 0 fully saturated rings. The molecule has 0 spiro atoms. The van der Waals surface area contributed by atoms with Crippen LogP contribution in [0.1, 0.15) is 6.92 Å². The first-order chi connectivity index (χ1) is 4.81. The molecule has 11 heavy (non-hydrogen) atoms. The lowest BCUT2D eigenvalue weighted by Gasteiger charge is -2.25. The van der Waals surface area contributed by atoms with Gasteiger partial charge in [-0.25, -0.2) is 0 Å². The van der Waals surface area contributed by atoms with Crippen molar-refractivity contribution in [2.45, 2.75) is 32.7 Å². The summed E-state index contributed by atoms with van der Waals surface area (Å²) in [5, 5.41) is 0. The van der Waals surface area contributed by atoms with Gasteiger partial charge >= 0.3 is 0 Å². The molecule has 0 bridgehead atoms. The van der Waals surface area contributed by atoms with E-state index in [0.29, 0.717) is 6.10 Å². The topological polar surface area (TPSA) is 12.5 Å². The highest BCUT2D eigenvalue weighted by atomic mass is 28.4. The Bertz CT molecular complexity index is 109. The normalized spacial score (nSPS) is 15.5. The van der Waals surface area contributed by atoms with E-state index in [0.717, 1.165) is 6.54 Å². The first kappa shape index (κ1) is 11.1. The molecule has 0 amide bonds. The molecule has 0 heterocycles. The van der Waals surface area contributed by atoms with E-state index < -0.39 is 8.32 Å². The Morgan fingerprint density at radius 2 is 1.73 bits per heavy atom. The number of hydrogen-bond donors (Lipinski definition) is 0. The van der Waals surface area contributed by atoms with Crippen LogP contribution < -0.4 is 0 Å². The zero-order valence-corrected chi connectivity index (χ0v) is 9.64. The zero-order chi connectivity index (χ0) is 9.07. The third-order valence-electron chi connectivity index (χ3n) is 1.18. The lowest BCUT2D eigenvalue weighted by molar-refractivity contribution is 0.170. The van der Waals surface area contributed by atoms with Crippen molar-refractivity contribution in [1.82, 2.24) is 4.90 Å². The van der Waals surface area contributed by atoms with Crippen LogP contribution in [0.25, 0.3) is 0 Å². The van der Waals surface area contributed by atoms with Crippen LogP contribution in [-0.4, -0.2) is 40.0 Å². The highest BCUT2D eigenvalue weighted by molar-refractivity contribution is 6.69. The molecule has 0 aliphatic carbocycles. The predicted octanol–water partition coefficient (Wildman–Crippen LogP) is 1.79. The van der Waals surface area contributed by atoms with Crippen LogP contribution >= 0.6 is 0 Å². The van der Waals surface area contributed by atoms with Gasteiger partial charge in [0.05, 0.1) is 6.10 Å². The van der Waals surface area contributed by atoms with E-state index in [4.69, 9.17) is 4.43 Å². The average molecular weight is 175 g/mol. The third-order valence-corrected chi connectivity index (χ3v) is 2.29. The fourth-order valence-corrected chi connectivity index (χ4v) is 2.44. The molecule has 0 N–H and O–H groups in total. The second-order valence-corrected chi connectivity index (χ2v) is 8.76. The Hall–Kier alpha value is 0.137. The van der Waals surface area contributed by atoms with Gasteiger partial charge in [0.2, 0.25) is 0 Å². The molecule has 0 radical (unpaired) electrons. The summed E-state index contributed by atoms with van der Waals surface area (Å²) in [4.78, 5) is 2.16. The quantitative estimate of drug-likeness (QED) is 0.604. The monoisotopic (exact) mass is 175 g/mol. The van der Waals surface area contributed by atoms with Gasteiger partial charge in [-0.2, -0.15) is 0 Å². The van der Waals surface area contributed by atoms with Crippen molar-refractivity contribution in [1.29, 1.82) is 0 Å². The molecule has 0 saturated heterocycles. The molecular formula is C8H21NOSi. The first-order valence-corrected chi connectivity index (χ1v) is 7.54. The molecule has 0 aliphatic rings. The standard InChI is InChI=1S/C8H21NOSi/c1-8(7-9(2)3)10-11(4,5)6/h8H,7H2,1-6H3. The van der Waals surface area contributed by atoms with Crippen molar-refractivity contribution in [2.24, 2.45) is 0 Å². The van der Waals surface area contributed by atoms with Gasteiger partial charge in [-0.3, -0.25) is 0 Å². The third kappa shape index (κ3) is 8.04. The average Bonchev–Trinajstić information content (AvgIpc) is 1.53. The Morgan fingerprint density at radius 1 is 1.27 bits per heavy atom. The van der Waals surface area contributed by atoms with Crippen LogP contribution in [0.4, 0.5) is 0 Å². The van der Waals surface area contributed by atoms with Crippen LogP contribution in [-0.2, 0) is 4.43 Å². The summed E-state index contributed by atoms with van der Waals surface area (Å²) in [5.74, 6) is 0. The number of rotatable bonds is 4. The van der Waals surface area contributed by atoms with Gasteiger partial charge in [0, 0.05) is 6.54 Å². The summed E-state index contributed by atoms with van der Waals surface area (Å²) in [6.45, 7) is 9.82. The van der Waals surface area contributed by atoms with Crippen molar-refractivity contribution in [2.75, 3.05) is 20.6 Å². The molecule has 0 saturated carbocycles. The summed E-state index contributed by atoms with van der Waals surface area (Å²) < 4.78 is 5.85. The summed E-state index contributed by atoms with van der Waals surface area (Å²) in [5.41, 5.74) is 0. The van der Waals surface area contributed by atoms with Crippen molar-refractivity contribution in [3.63, 3.8) is 0 Å². The van der Waals surface area contributed by atoms with Gasteiger partial charge in [-0.15, -0.1) is 0 Å². The number of likely N-dealkylation sites (N-methyl/N-ethyl adjacent to an activating group) is 1. The molecule has 0 aromatic rings. The van der Waals surface area contributed by atoms with Crippen LogP contribution in [0.3, 0.4) is 0 Å². The summed E-state index contributed by atoms with van der Waals surface area (Å²) in [6, 6.07) is 0. The van der Waals surface area contributed by atoms with E-state index in [1.807, 2.05) is 0 Å². The Labute approximate surface area is 71.7 Å². The molecule has 68 valence electrons. The van der Waals surface area contributed by atoms with Crippen molar-refractivity contribution < 1.29 is 4.43 Å². The fraction of sp³-hybridized carbons (Fsp3) is 1.00. The molecule has 0 rings (SSSR count). The fourth-order valence-electron chi connectivity index (χ4n) is 1.16. The number of nitrogens with zero attached hydrogens (tertiary/aromatic N) is 1. The minimum atomic E-state index is -1.31. The number of hydrogen-bond acceptors (Lipinski definition) is 2. The second kappa shape index (κ2) is 4.23. The maximum atomic E-state index is 5.85. The van der Waals surface area contributed by atoms with E-state index in [9.17, 15) is 0 Å². The second-order valence-electron chi connectivity index (χ2n) is 4.30. The lowest BCUT2D eigenvalue weighted by Crippen LogP contribution is -2.35. The first-order valence-electron chi connectivity index (χ1n) is 4.14. The SMILES string of the molecule is CC(CN(C)C)O[Si](C)(C)C. The summed E-state index contributed by atoms with van der Waals surface area (Å²) in [6.07, 6.45) is 0.372. The van der Waals surface area contributed by atoms with Gasteiger partial charge in [0.25, 0.3) is 0 Å². The van der Waals surface area contributed by atoms with E-state index in [2.05, 4.69) is 45.6 Å². The Kier molecular flexibility index (Phi) is 4.29. The van der Waals surface area contributed by atoms with Crippen LogP contribution in [0.15, 0.2) is 0 Å². The Morgan fingerprint density at radius 3 is 2.00 bits per heavy atom. The van der Waals surface area contributed by atoms with Gasteiger partial charge in [0.1, 0.15) is 0 Å². The molecule has 2 nitrogen and oxygen atoms in total. The van der Waals surface area contributed by atoms with Crippen molar-refractivity contribution in [3.05, 3.63) is 0 Å².